The van der Waals surface area contributed by atoms with Crippen LogP contribution in [0, 0.1) is 11.3 Å². The summed E-state index contributed by atoms with van der Waals surface area (Å²) in [6, 6.07) is 13.1. The van der Waals surface area contributed by atoms with Crippen LogP contribution in [0.2, 0.25) is 0 Å². The average Bonchev–Trinajstić information content (AvgIpc) is 2.42. The van der Waals surface area contributed by atoms with E-state index in [0.29, 0.717) is 11.3 Å². The zero-order valence-electron chi connectivity index (χ0n) is 10.0. The van der Waals surface area contributed by atoms with Crippen molar-refractivity contribution in [2.45, 2.75) is 0 Å². The summed E-state index contributed by atoms with van der Waals surface area (Å²) >= 11 is 0. The number of benzene rings is 2. The summed E-state index contributed by atoms with van der Waals surface area (Å²) in [5.74, 6) is -0.531. The van der Waals surface area contributed by atoms with Gasteiger partial charge in [-0.25, -0.2) is 4.79 Å². The maximum absolute atomic E-state index is 10.7. The van der Waals surface area contributed by atoms with Crippen LogP contribution in [0.15, 0.2) is 42.5 Å². The van der Waals surface area contributed by atoms with E-state index in [1.54, 1.807) is 6.07 Å². The number of aliphatic carboxylic acids is 1. The maximum atomic E-state index is 10.7. The van der Waals surface area contributed by atoms with Crippen molar-refractivity contribution in [1.82, 2.24) is 0 Å². The fourth-order valence-electron chi connectivity index (χ4n) is 1.84. The van der Waals surface area contributed by atoms with Crippen molar-refractivity contribution in [3.63, 3.8) is 0 Å². The van der Waals surface area contributed by atoms with Gasteiger partial charge in [0, 0.05) is 11.6 Å². The SMILES string of the molecule is N#CCOc1ccc2ccccc2c1/C=C/C(=O)O. The minimum Gasteiger partial charge on any atom is -0.478 e. The molecule has 2 rings (SSSR count). The van der Waals surface area contributed by atoms with Gasteiger partial charge in [-0.2, -0.15) is 5.26 Å². The molecule has 1 N–H and O–H groups in total. The van der Waals surface area contributed by atoms with Crippen molar-refractivity contribution in [2.75, 3.05) is 6.61 Å². The Kier molecular flexibility index (Phi) is 3.79. The van der Waals surface area contributed by atoms with E-state index in [9.17, 15) is 4.79 Å². The third-order valence-corrected chi connectivity index (χ3v) is 2.62. The van der Waals surface area contributed by atoms with E-state index in [4.69, 9.17) is 15.1 Å². The van der Waals surface area contributed by atoms with E-state index in [-0.39, 0.29) is 6.61 Å². The third kappa shape index (κ3) is 2.90. The van der Waals surface area contributed by atoms with E-state index < -0.39 is 5.97 Å². The molecule has 0 spiro atoms. The Morgan fingerprint density at radius 3 is 2.84 bits per heavy atom. The Bertz CT molecular complexity index is 683. The molecule has 94 valence electrons. The van der Waals surface area contributed by atoms with E-state index in [0.717, 1.165) is 16.8 Å². The highest BCUT2D eigenvalue weighted by Gasteiger charge is 2.06. The Balaban J connectivity index is 2.58. The van der Waals surface area contributed by atoms with Crippen LogP contribution in [-0.4, -0.2) is 17.7 Å². The summed E-state index contributed by atoms with van der Waals surface area (Å²) in [4.78, 5) is 10.7. The molecule has 19 heavy (non-hydrogen) atoms. The monoisotopic (exact) mass is 253 g/mol. The summed E-state index contributed by atoms with van der Waals surface area (Å²) in [6.07, 6.45) is 2.54. The van der Waals surface area contributed by atoms with Crippen molar-refractivity contribution in [2.24, 2.45) is 0 Å². The van der Waals surface area contributed by atoms with Gasteiger partial charge in [0.05, 0.1) is 0 Å². The van der Waals surface area contributed by atoms with Crippen LogP contribution in [-0.2, 0) is 4.79 Å². The van der Waals surface area contributed by atoms with Gasteiger partial charge in [-0.1, -0.05) is 30.3 Å². The summed E-state index contributed by atoms with van der Waals surface area (Å²) < 4.78 is 5.32. The number of carbonyl (C=O) groups is 1. The number of nitrogens with zero attached hydrogens (tertiary/aromatic N) is 1. The number of fused-ring (bicyclic) bond motifs is 1. The summed E-state index contributed by atoms with van der Waals surface area (Å²) in [6.45, 7) is -0.0771. The van der Waals surface area contributed by atoms with Gasteiger partial charge in [-0.3, -0.25) is 0 Å². The van der Waals surface area contributed by atoms with Gasteiger partial charge in [0.2, 0.25) is 0 Å². The van der Waals surface area contributed by atoms with Crippen LogP contribution in [0.1, 0.15) is 5.56 Å². The quantitative estimate of drug-likeness (QED) is 0.850. The molecule has 0 saturated heterocycles. The van der Waals surface area contributed by atoms with Gasteiger partial charge in [-0.15, -0.1) is 0 Å². The lowest BCUT2D eigenvalue weighted by Crippen LogP contribution is -1.96. The average molecular weight is 253 g/mol. The van der Waals surface area contributed by atoms with Crippen molar-refractivity contribution in [3.8, 4) is 11.8 Å². The molecule has 0 saturated carbocycles. The molecular weight excluding hydrogens is 242 g/mol. The number of nitriles is 1. The van der Waals surface area contributed by atoms with Crippen molar-refractivity contribution < 1.29 is 14.6 Å². The smallest absolute Gasteiger partial charge is 0.328 e. The molecule has 0 heterocycles. The van der Waals surface area contributed by atoms with Crippen LogP contribution in [0.25, 0.3) is 16.8 Å². The molecule has 0 unspecified atom stereocenters. The second-order valence-electron chi connectivity index (χ2n) is 3.82. The molecule has 4 nitrogen and oxygen atoms in total. The third-order valence-electron chi connectivity index (χ3n) is 2.62. The molecule has 0 aliphatic rings. The molecule has 2 aromatic carbocycles. The fraction of sp³-hybridized carbons (Fsp3) is 0.0667. The number of carboxylic acid groups (broad SMARTS) is 1. The lowest BCUT2D eigenvalue weighted by Gasteiger charge is -2.09. The molecule has 0 radical (unpaired) electrons. The summed E-state index contributed by atoms with van der Waals surface area (Å²) in [5, 5.41) is 19.2. The number of hydrogen-bond acceptors (Lipinski definition) is 3. The minimum absolute atomic E-state index is 0.0771. The highest BCUT2D eigenvalue weighted by atomic mass is 16.5. The fourth-order valence-corrected chi connectivity index (χ4v) is 1.84. The molecule has 0 aliphatic heterocycles. The summed E-state index contributed by atoms with van der Waals surface area (Å²) in [7, 11) is 0. The molecule has 4 heteroatoms. The van der Waals surface area contributed by atoms with E-state index in [1.807, 2.05) is 36.4 Å². The normalized spacial score (nSPS) is 10.5. The van der Waals surface area contributed by atoms with Gasteiger partial charge < -0.3 is 9.84 Å². The van der Waals surface area contributed by atoms with Crippen molar-refractivity contribution in [3.05, 3.63) is 48.0 Å². The molecule has 0 fully saturated rings. The Hall–Kier alpha value is -2.80. The van der Waals surface area contributed by atoms with E-state index in [1.165, 1.54) is 6.08 Å². The topological polar surface area (TPSA) is 70.3 Å². The predicted molar refractivity (Wildman–Crippen MR) is 71.7 cm³/mol. The molecule has 0 aliphatic carbocycles. The number of carboxylic acids is 1. The van der Waals surface area contributed by atoms with Crippen LogP contribution in [0.4, 0.5) is 0 Å². The van der Waals surface area contributed by atoms with Crippen molar-refractivity contribution >= 4 is 22.8 Å². The number of ether oxygens (including phenoxy) is 1. The lowest BCUT2D eigenvalue weighted by molar-refractivity contribution is -0.131. The first-order chi connectivity index (χ1) is 9.22. The molecule has 0 atom stereocenters. The molecule has 0 bridgehead atoms. The summed E-state index contributed by atoms with van der Waals surface area (Å²) in [5.41, 5.74) is 0.663. The van der Waals surface area contributed by atoms with E-state index in [2.05, 4.69) is 0 Å². The van der Waals surface area contributed by atoms with Crippen LogP contribution < -0.4 is 4.74 Å². The van der Waals surface area contributed by atoms with Gasteiger partial charge in [0.25, 0.3) is 0 Å². The first-order valence-electron chi connectivity index (χ1n) is 5.65. The Morgan fingerprint density at radius 1 is 1.32 bits per heavy atom. The Morgan fingerprint density at radius 2 is 2.11 bits per heavy atom. The molecular formula is C15H11NO3. The largest absolute Gasteiger partial charge is 0.478 e. The second-order valence-corrected chi connectivity index (χ2v) is 3.82. The molecule has 0 amide bonds. The van der Waals surface area contributed by atoms with Gasteiger partial charge in [-0.05, 0) is 22.9 Å². The first-order valence-corrected chi connectivity index (χ1v) is 5.65. The highest BCUT2D eigenvalue weighted by Crippen LogP contribution is 2.29. The van der Waals surface area contributed by atoms with Crippen LogP contribution >= 0.6 is 0 Å². The zero-order valence-corrected chi connectivity index (χ0v) is 10.0. The zero-order chi connectivity index (χ0) is 13.7. The lowest BCUT2D eigenvalue weighted by atomic mass is 10.0. The van der Waals surface area contributed by atoms with Gasteiger partial charge >= 0.3 is 5.97 Å². The van der Waals surface area contributed by atoms with Crippen molar-refractivity contribution in [1.29, 1.82) is 5.26 Å². The Labute approximate surface area is 110 Å². The molecule has 2 aromatic rings. The standard InChI is InChI=1S/C15H11NO3/c16-9-10-19-14-7-5-11-3-1-2-4-12(11)13(14)6-8-15(17)18/h1-8H,10H2,(H,17,18)/b8-6+. The maximum Gasteiger partial charge on any atom is 0.328 e. The number of rotatable bonds is 4. The second kappa shape index (κ2) is 5.69. The van der Waals surface area contributed by atoms with Crippen LogP contribution in [0.3, 0.4) is 0 Å². The predicted octanol–water partition coefficient (Wildman–Crippen LogP) is 2.84. The van der Waals surface area contributed by atoms with E-state index >= 15 is 0 Å². The number of hydrogen-bond donors (Lipinski definition) is 1. The minimum atomic E-state index is -1.03. The highest BCUT2D eigenvalue weighted by molar-refractivity contribution is 5.96. The van der Waals surface area contributed by atoms with Gasteiger partial charge in [0.15, 0.2) is 6.61 Å². The van der Waals surface area contributed by atoms with Crippen LogP contribution in [0.5, 0.6) is 5.75 Å². The van der Waals surface area contributed by atoms with Gasteiger partial charge in [0.1, 0.15) is 11.8 Å². The first kappa shape index (κ1) is 12.7. The molecule has 0 aromatic heterocycles.